The van der Waals surface area contributed by atoms with Gasteiger partial charge >= 0.3 is 0 Å². The highest BCUT2D eigenvalue weighted by Crippen LogP contribution is 2.36. The molecule has 1 heterocycles. The Morgan fingerprint density at radius 3 is 2.96 bits per heavy atom. The molecule has 0 saturated carbocycles. The molecule has 1 N–H and O–H groups in total. The molecule has 4 nitrogen and oxygen atoms in total. The van der Waals surface area contributed by atoms with Crippen LogP contribution in [0.5, 0.6) is 5.75 Å². The molecule has 0 aliphatic heterocycles. The molecule has 0 bridgehead atoms. The van der Waals surface area contributed by atoms with Gasteiger partial charge in [-0.2, -0.15) is 5.26 Å². The van der Waals surface area contributed by atoms with Gasteiger partial charge in [-0.3, -0.25) is 4.79 Å². The first-order valence-electron chi connectivity index (χ1n) is 8.07. The Bertz CT molecular complexity index is 928. The van der Waals surface area contributed by atoms with Crippen molar-refractivity contribution in [3.63, 3.8) is 0 Å². The molecule has 3 rings (SSSR count). The van der Waals surface area contributed by atoms with E-state index in [4.69, 9.17) is 17.0 Å². The lowest BCUT2D eigenvalue weighted by Crippen LogP contribution is -2.17. The third-order valence-electron chi connectivity index (χ3n) is 4.44. The van der Waals surface area contributed by atoms with Crippen LogP contribution in [0.25, 0.3) is 0 Å². The first-order chi connectivity index (χ1) is 12.0. The van der Waals surface area contributed by atoms with E-state index in [0.29, 0.717) is 27.8 Å². The lowest BCUT2D eigenvalue weighted by molar-refractivity contribution is 0.102. The minimum absolute atomic E-state index is 0.273. The van der Waals surface area contributed by atoms with Crippen molar-refractivity contribution in [2.45, 2.75) is 26.2 Å². The summed E-state index contributed by atoms with van der Waals surface area (Å²) >= 11 is 6.84. The molecular weight excluding hydrogens is 352 g/mol. The number of amides is 1. The summed E-state index contributed by atoms with van der Waals surface area (Å²) in [7, 11) is 1.56. The summed E-state index contributed by atoms with van der Waals surface area (Å²) in [6.07, 6.45) is 2.77. The smallest absolute Gasteiger partial charge is 0.256 e. The number of hydrogen-bond acceptors (Lipinski definition) is 5. The second-order valence-electron chi connectivity index (χ2n) is 6.20. The normalized spacial score (nSPS) is 15.8. The van der Waals surface area contributed by atoms with Crippen molar-refractivity contribution >= 4 is 34.5 Å². The lowest BCUT2D eigenvalue weighted by Gasteiger charge is -2.23. The zero-order valence-corrected chi connectivity index (χ0v) is 15.7. The van der Waals surface area contributed by atoms with E-state index in [1.54, 1.807) is 31.4 Å². The second-order valence-corrected chi connectivity index (χ2v) is 7.88. The standard InChI is InChI=1S/C19H18N2O2S2/c1-11-6-7-14-15(8-11)19(24)25-18(16(14)10-20)21-17(22)12-4-3-5-13(9-12)23-2/h3-5,9,11H,6-8H2,1-2H3,(H,21,22). The molecule has 128 valence electrons. The van der Waals surface area contributed by atoms with E-state index in [0.717, 1.165) is 34.2 Å². The summed E-state index contributed by atoms with van der Waals surface area (Å²) < 4.78 is 5.92. The molecule has 0 fully saturated rings. The zero-order valence-electron chi connectivity index (χ0n) is 14.1. The van der Waals surface area contributed by atoms with E-state index in [1.807, 2.05) is 0 Å². The van der Waals surface area contributed by atoms with Gasteiger partial charge in [0.25, 0.3) is 5.91 Å². The number of rotatable bonds is 3. The SMILES string of the molecule is COc1cccc(C(=O)Nc2sc(=S)c3c(c2C#N)CCC(C)C3)c1. The Balaban J connectivity index is 1.98. The first kappa shape index (κ1) is 17.6. The maximum absolute atomic E-state index is 12.6. The van der Waals surface area contributed by atoms with E-state index >= 15 is 0 Å². The molecule has 1 amide bonds. The Morgan fingerprint density at radius 1 is 1.44 bits per heavy atom. The van der Waals surface area contributed by atoms with Gasteiger partial charge in [0.05, 0.1) is 16.5 Å². The van der Waals surface area contributed by atoms with Gasteiger partial charge in [0.2, 0.25) is 0 Å². The van der Waals surface area contributed by atoms with Crippen LogP contribution >= 0.6 is 23.6 Å². The fraction of sp³-hybridized carbons (Fsp3) is 0.316. The van der Waals surface area contributed by atoms with Crippen molar-refractivity contribution in [3.05, 3.63) is 50.3 Å². The number of benzene rings is 1. The molecular formula is C19H18N2O2S2. The van der Waals surface area contributed by atoms with E-state index in [1.165, 1.54) is 11.3 Å². The van der Waals surface area contributed by atoms with E-state index in [2.05, 4.69) is 18.3 Å². The van der Waals surface area contributed by atoms with Crippen LogP contribution in [0.15, 0.2) is 24.3 Å². The number of methoxy groups -OCH3 is 1. The van der Waals surface area contributed by atoms with E-state index < -0.39 is 0 Å². The molecule has 0 saturated heterocycles. The van der Waals surface area contributed by atoms with Crippen LogP contribution in [0.3, 0.4) is 0 Å². The molecule has 1 atom stereocenters. The molecule has 1 unspecified atom stereocenters. The van der Waals surface area contributed by atoms with Gasteiger partial charge in [-0.05, 0) is 54.5 Å². The van der Waals surface area contributed by atoms with Crippen LogP contribution in [-0.2, 0) is 12.8 Å². The fourth-order valence-corrected chi connectivity index (χ4v) is 4.47. The summed E-state index contributed by atoms with van der Waals surface area (Å²) in [6, 6.07) is 9.19. The van der Waals surface area contributed by atoms with Crippen molar-refractivity contribution < 1.29 is 9.53 Å². The number of nitrogens with one attached hydrogen (secondary N) is 1. The van der Waals surface area contributed by atoms with Crippen LogP contribution in [0, 0.1) is 21.1 Å². The molecule has 6 heteroatoms. The number of anilines is 1. The van der Waals surface area contributed by atoms with Gasteiger partial charge in [-0.25, -0.2) is 0 Å². The Hall–Kier alpha value is -2.23. The van der Waals surface area contributed by atoms with Gasteiger partial charge < -0.3 is 10.1 Å². The summed E-state index contributed by atoms with van der Waals surface area (Å²) in [4.78, 5) is 12.6. The largest absolute Gasteiger partial charge is 0.497 e. The van der Waals surface area contributed by atoms with Crippen LogP contribution in [0.4, 0.5) is 5.00 Å². The second kappa shape index (κ2) is 7.34. The van der Waals surface area contributed by atoms with Crippen LogP contribution in [-0.4, -0.2) is 13.0 Å². The highest BCUT2D eigenvalue weighted by molar-refractivity contribution is 7.73. The lowest BCUT2D eigenvalue weighted by atomic mass is 9.85. The predicted molar refractivity (Wildman–Crippen MR) is 102 cm³/mol. The number of carbonyl (C=O) groups is 1. The number of nitriles is 1. The first-order valence-corrected chi connectivity index (χ1v) is 9.30. The third-order valence-corrected chi connectivity index (χ3v) is 5.88. The number of carbonyl (C=O) groups excluding carboxylic acids is 1. The fourth-order valence-electron chi connectivity index (χ4n) is 3.09. The molecule has 0 spiro atoms. The van der Waals surface area contributed by atoms with Crippen LogP contribution in [0.2, 0.25) is 0 Å². The number of ether oxygens (including phenoxy) is 1. The minimum Gasteiger partial charge on any atom is -0.497 e. The molecule has 0 radical (unpaired) electrons. The van der Waals surface area contributed by atoms with Crippen LogP contribution < -0.4 is 10.1 Å². The average Bonchev–Trinajstić information content (AvgIpc) is 2.62. The van der Waals surface area contributed by atoms with Gasteiger partial charge in [0.15, 0.2) is 0 Å². The summed E-state index contributed by atoms with van der Waals surface area (Å²) in [6.45, 7) is 2.20. The summed E-state index contributed by atoms with van der Waals surface area (Å²) in [5.74, 6) is 0.913. The van der Waals surface area contributed by atoms with Crippen molar-refractivity contribution in [2.24, 2.45) is 5.92 Å². The van der Waals surface area contributed by atoms with Gasteiger partial charge in [-0.1, -0.05) is 25.2 Å². The Morgan fingerprint density at radius 2 is 2.24 bits per heavy atom. The number of nitrogens with zero attached hydrogens (tertiary/aromatic N) is 1. The maximum atomic E-state index is 12.6. The highest BCUT2D eigenvalue weighted by atomic mass is 32.1. The Kier molecular flexibility index (Phi) is 5.16. The van der Waals surface area contributed by atoms with E-state index in [-0.39, 0.29) is 5.91 Å². The number of hydrogen-bond donors (Lipinski definition) is 1. The molecule has 25 heavy (non-hydrogen) atoms. The molecule has 2 aromatic rings. The summed E-state index contributed by atoms with van der Waals surface area (Å²) in [5.41, 5.74) is 3.14. The maximum Gasteiger partial charge on any atom is 0.256 e. The highest BCUT2D eigenvalue weighted by Gasteiger charge is 2.23. The van der Waals surface area contributed by atoms with Gasteiger partial charge in [0, 0.05) is 5.56 Å². The van der Waals surface area contributed by atoms with E-state index in [9.17, 15) is 10.1 Å². The number of fused-ring (bicyclic) bond motifs is 1. The Labute approximate surface area is 156 Å². The molecule has 1 aromatic carbocycles. The van der Waals surface area contributed by atoms with Crippen molar-refractivity contribution in [2.75, 3.05) is 12.4 Å². The van der Waals surface area contributed by atoms with Gasteiger partial charge in [-0.15, -0.1) is 11.3 Å². The quantitative estimate of drug-likeness (QED) is 0.793. The zero-order chi connectivity index (χ0) is 18.0. The van der Waals surface area contributed by atoms with Gasteiger partial charge in [0.1, 0.15) is 16.8 Å². The molecule has 1 aliphatic carbocycles. The third kappa shape index (κ3) is 3.58. The van der Waals surface area contributed by atoms with Crippen molar-refractivity contribution in [3.8, 4) is 11.8 Å². The average molecular weight is 370 g/mol. The molecule has 1 aliphatic rings. The van der Waals surface area contributed by atoms with Crippen molar-refractivity contribution in [1.29, 1.82) is 5.26 Å². The van der Waals surface area contributed by atoms with Crippen molar-refractivity contribution in [1.82, 2.24) is 0 Å². The summed E-state index contributed by atoms with van der Waals surface area (Å²) in [5, 5.41) is 13.1. The topological polar surface area (TPSA) is 62.1 Å². The molecule has 1 aromatic heterocycles. The minimum atomic E-state index is -0.273. The predicted octanol–water partition coefficient (Wildman–Crippen LogP) is 4.73. The van der Waals surface area contributed by atoms with Crippen LogP contribution in [0.1, 0.15) is 40.4 Å². The monoisotopic (exact) mass is 370 g/mol.